The predicted octanol–water partition coefficient (Wildman–Crippen LogP) is 2.34. The van der Waals surface area contributed by atoms with Crippen molar-refractivity contribution in [3.05, 3.63) is 53.1 Å². The number of aliphatic hydroxyl groups excluding tert-OH is 1. The standard InChI is InChI=1S/C16H20N2O/c1-12-4-2-3-5-14(12)9-16-17-10-15-8-13(11-19)6-7-18(15)16/h2-5,10,13,19H,6-9,11H2,1H3. The molecule has 3 rings (SSSR count). The molecule has 2 aromatic rings. The number of rotatable bonds is 3. The van der Waals surface area contributed by atoms with E-state index in [0.29, 0.717) is 5.92 Å². The Labute approximate surface area is 113 Å². The van der Waals surface area contributed by atoms with Gasteiger partial charge in [-0.15, -0.1) is 0 Å². The van der Waals surface area contributed by atoms with E-state index in [2.05, 4.69) is 40.7 Å². The maximum atomic E-state index is 9.27. The van der Waals surface area contributed by atoms with E-state index in [1.54, 1.807) is 0 Å². The van der Waals surface area contributed by atoms with Crippen LogP contribution in [0.3, 0.4) is 0 Å². The van der Waals surface area contributed by atoms with Gasteiger partial charge < -0.3 is 9.67 Å². The van der Waals surface area contributed by atoms with Crippen LogP contribution < -0.4 is 0 Å². The molecule has 0 fully saturated rings. The van der Waals surface area contributed by atoms with E-state index in [1.165, 1.54) is 16.8 Å². The summed E-state index contributed by atoms with van der Waals surface area (Å²) in [5.74, 6) is 1.57. The second-order valence-corrected chi connectivity index (χ2v) is 5.46. The lowest BCUT2D eigenvalue weighted by molar-refractivity contribution is 0.200. The normalized spacial score (nSPS) is 18.3. The molecule has 0 amide bonds. The Balaban J connectivity index is 1.84. The van der Waals surface area contributed by atoms with Gasteiger partial charge in [-0.2, -0.15) is 0 Å². The first-order valence-electron chi connectivity index (χ1n) is 6.96. The quantitative estimate of drug-likeness (QED) is 0.915. The van der Waals surface area contributed by atoms with Crippen LogP contribution >= 0.6 is 0 Å². The fourth-order valence-electron chi connectivity index (χ4n) is 2.87. The molecule has 0 saturated carbocycles. The van der Waals surface area contributed by atoms with Crippen molar-refractivity contribution in [3.8, 4) is 0 Å². The second-order valence-electron chi connectivity index (χ2n) is 5.46. The zero-order valence-electron chi connectivity index (χ0n) is 11.3. The Morgan fingerprint density at radius 3 is 3.00 bits per heavy atom. The summed E-state index contributed by atoms with van der Waals surface area (Å²) >= 11 is 0. The molecule has 0 bridgehead atoms. The first kappa shape index (κ1) is 12.4. The van der Waals surface area contributed by atoms with Gasteiger partial charge in [0.2, 0.25) is 0 Å². The van der Waals surface area contributed by atoms with Crippen LogP contribution in [0, 0.1) is 12.8 Å². The number of fused-ring (bicyclic) bond motifs is 1. The maximum absolute atomic E-state index is 9.27. The second kappa shape index (κ2) is 5.17. The zero-order chi connectivity index (χ0) is 13.2. The van der Waals surface area contributed by atoms with Crippen LogP contribution in [0.25, 0.3) is 0 Å². The highest BCUT2D eigenvalue weighted by Crippen LogP contribution is 2.23. The van der Waals surface area contributed by atoms with Gasteiger partial charge in [0.25, 0.3) is 0 Å². The summed E-state index contributed by atoms with van der Waals surface area (Å²) in [4.78, 5) is 4.58. The largest absolute Gasteiger partial charge is 0.396 e. The van der Waals surface area contributed by atoms with E-state index in [0.717, 1.165) is 31.6 Å². The molecule has 100 valence electrons. The van der Waals surface area contributed by atoms with Crippen molar-refractivity contribution in [2.45, 2.75) is 32.7 Å². The molecule has 3 heteroatoms. The van der Waals surface area contributed by atoms with Crippen molar-refractivity contribution in [2.24, 2.45) is 5.92 Å². The molecule has 3 nitrogen and oxygen atoms in total. The third-order valence-corrected chi connectivity index (χ3v) is 4.15. The lowest BCUT2D eigenvalue weighted by atomic mass is 9.97. The number of imidazole rings is 1. The molecule has 1 aliphatic heterocycles. The number of aromatic nitrogens is 2. The lowest BCUT2D eigenvalue weighted by Gasteiger charge is -2.23. The Hall–Kier alpha value is -1.61. The van der Waals surface area contributed by atoms with Crippen molar-refractivity contribution in [2.75, 3.05) is 6.61 Å². The molecule has 19 heavy (non-hydrogen) atoms. The third kappa shape index (κ3) is 2.43. The number of aliphatic hydroxyl groups is 1. The molecule has 1 aromatic heterocycles. The Morgan fingerprint density at radius 2 is 2.21 bits per heavy atom. The van der Waals surface area contributed by atoms with Crippen LogP contribution in [0.1, 0.15) is 29.1 Å². The maximum Gasteiger partial charge on any atom is 0.113 e. The highest BCUT2D eigenvalue weighted by atomic mass is 16.3. The van der Waals surface area contributed by atoms with Gasteiger partial charge in [-0.25, -0.2) is 4.98 Å². The van der Waals surface area contributed by atoms with E-state index in [4.69, 9.17) is 0 Å². The van der Waals surface area contributed by atoms with Crippen LogP contribution in [-0.2, 0) is 19.4 Å². The number of hydrogen-bond acceptors (Lipinski definition) is 2. The van der Waals surface area contributed by atoms with Gasteiger partial charge in [-0.05, 0) is 36.8 Å². The minimum Gasteiger partial charge on any atom is -0.396 e. The molecule has 1 aliphatic rings. The van der Waals surface area contributed by atoms with Gasteiger partial charge >= 0.3 is 0 Å². The van der Waals surface area contributed by atoms with Gasteiger partial charge in [-0.3, -0.25) is 0 Å². The molecular weight excluding hydrogens is 236 g/mol. The van der Waals surface area contributed by atoms with E-state index >= 15 is 0 Å². The minimum atomic E-state index is 0.290. The monoisotopic (exact) mass is 256 g/mol. The van der Waals surface area contributed by atoms with Crippen LogP contribution in [0.15, 0.2) is 30.5 Å². The van der Waals surface area contributed by atoms with E-state index < -0.39 is 0 Å². The minimum absolute atomic E-state index is 0.290. The number of aryl methyl sites for hydroxylation is 1. The summed E-state index contributed by atoms with van der Waals surface area (Å²) in [6.45, 7) is 3.43. The number of hydrogen-bond donors (Lipinski definition) is 1. The average Bonchev–Trinajstić information content (AvgIpc) is 2.83. The van der Waals surface area contributed by atoms with Crippen LogP contribution in [0.4, 0.5) is 0 Å². The molecular formula is C16H20N2O. The van der Waals surface area contributed by atoms with Gasteiger partial charge in [-0.1, -0.05) is 24.3 Å². The SMILES string of the molecule is Cc1ccccc1Cc1ncc2n1CCC(CO)C2. The van der Waals surface area contributed by atoms with Crippen LogP contribution in [0.5, 0.6) is 0 Å². The van der Waals surface area contributed by atoms with Gasteiger partial charge in [0.15, 0.2) is 0 Å². The van der Waals surface area contributed by atoms with Gasteiger partial charge in [0.05, 0.1) is 0 Å². The summed E-state index contributed by atoms with van der Waals surface area (Å²) in [5.41, 5.74) is 3.94. The number of nitrogens with zero attached hydrogens (tertiary/aromatic N) is 2. The first-order chi connectivity index (χ1) is 9.28. The fourth-order valence-corrected chi connectivity index (χ4v) is 2.87. The summed E-state index contributed by atoms with van der Waals surface area (Å²) in [6, 6.07) is 8.49. The summed E-state index contributed by atoms with van der Waals surface area (Å²) in [6.07, 6.45) is 4.89. The summed E-state index contributed by atoms with van der Waals surface area (Å²) < 4.78 is 2.33. The van der Waals surface area contributed by atoms with Gasteiger partial charge in [0.1, 0.15) is 5.82 Å². The predicted molar refractivity (Wildman–Crippen MR) is 75.1 cm³/mol. The topological polar surface area (TPSA) is 38.0 Å². The van der Waals surface area contributed by atoms with E-state index in [9.17, 15) is 5.11 Å². The van der Waals surface area contributed by atoms with Crippen molar-refractivity contribution in [1.29, 1.82) is 0 Å². The average molecular weight is 256 g/mol. The van der Waals surface area contributed by atoms with E-state index in [1.807, 2.05) is 6.20 Å². The molecule has 0 spiro atoms. The summed E-state index contributed by atoms with van der Waals surface area (Å²) in [5, 5.41) is 9.27. The molecule has 1 unspecified atom stereocenters. The van der Waals surface area contributed by atoms with Crippen molar-refractivity contribution in [1.82, 2.24) is 9.55 Å². The molecule has 1 N–H and O–H groups in total. The molecule has 0 aliphatic carbocycles. The lowest BCUT2D eigenvalue weighted by Crippen LogP contribution is -2.22. The Bertz CT molecular complexity index is 574. The van der Waals surface area contributed by atoms with Crippen LogP contribution in [0.2, 0.25) is 0 Å². The third-order valence-electron chi connectivity index (χ3n) is 4.15. The smallest absolute Gasteiger partial charge is 0.113 e. The van der Waals surface area contributed by atoms with Crippen LogP contribution in [-0.4, -0.2) is 21.3 Å². The van der Waals surface area contributed by atoms with Crippen molar-refractivity contribution in [3.63, 3.8) is 0 Å². The zero-order valence-corrected chi connectivity index (χ0v) is 11.3. The van der Waals surface area contributed by atoms with E-state index in [-0.39, 0.29) is 6.61 Å². The molecule has 0 saturated heterocycles. The molecule has 0 radical (unpaired) electrons. The number of benzene rings is 1. The van der Waals surface area contributed by atoms with Crippen molar-refractivity contribution >= 4 is 0 Å². The first-order valence-corrected chi connectivity index (χ1v) is 6.96. The molecule has 1 atom stereocenters. The molecule has 1 aromatic carbocycles. The highest BCUT2D eigenvalue weighted by Gasteiger charge is 2.20. The Morgan fingerprint density at radius 1 is 1.37 bits per heavy atom. The Kier molecular flexibility index (Phi) is 3.38. The summed E-state index contributed by atoms with van der Waals surface area (Å²) in [7, 11) is 0. The molecule has 2 heterocycles. The fraction of sp³-hybridized carbons (Fsp3) is 0.438. The van der Waals surface area contributed by atoms with Gasteiger partial charge in [0, 0.05) is 31.5 Å². The van der Waals surface area contributed by atoms with Crippen molar-refractivity contribution < 1.29 is 5.11 Å². The highest BCUT2D eigenvalue weighted by molar-refractivity contribution is 5.29.